The Kier molecular flexibility index (Phi) is 6.38. The molecule has 146 valence electrons. The van der Waals surface area contributed by atoms with Crippen LogP contribution in [0.3, 0.4) is 0 Å². The van der Waals surface area contributed by atoms with Crippen LogP contribution in [-0.4, -0.2) is 57.4 Å². The van der Waals surface area contributed by atoms with Crippen LogP contribution in [0.2, 0.25) is 0 Å². The van der Waals surface area contributed by atoms with Crippen LogP contribution in [-0.2, 0) is 13.0 Å². The predicted molar refractivity (Wildman–Crippen MR) is 98.8 cm³/mol. The van der Waals surface area contributed by atoms with Gasteiger partial charge in [0, 0.05) is 56.1 Å². The normalized spacial score (nSPS) is 15.9. The zero-order chi connectivity index (χ0) is 19.4. The van der Waals surface area contributed by atoms with E-state index in [1.807, 2.05) is 5.38 Å². The van der Waals surface area contributed by atoms with Gasteiger partial charge >= 0.3 is 5.51 Å². The minimum absolute atomic E-state index is 0.000337. The monoisotopic (exact) mass is 416 g/mol. The minimum atomic E-state index is -4.48. The summed E-state index contributed by atoms with van der Waals surface area (Å²) in [6.45, 7) is 5.04. The molecule has 3 heterocycles. The van der Waals surface area contributed by atoms with Crippen molar-refractivity contribution in [2.24, 2.45) is 0 Å². The molecule has 0 radical (unpaired) electrons. The maximum atomic E-state index is 12.7. The van der Waals surface area contributed by atoms with Gasteiger partial charge in [-0.2, -0.15) is 13.2 Å². The molecule has 5 nitrogen and oxygen atoms in total. The molecular weight excluding hydrogens is 397 g/mol. The molecule has 2 aromatic rings. The fraction of sp³-hybridized carbons (Fsp3) is 0.471. The van der Waals surface area contributed by atoms with E-state index in [0.717, 1.165) is 23.7 Å². The molecule has 1 amide bonds. The maximum absolute atomic E-state index is 12.7. The van der Waals surface area contributed by atoms with Gasteiger partial charge < -0.3 is 4.90 Å². The van der Waals surface area contributed by atoms with E-state index in [4.69, 9.17) is 0 Å². The van der Waals surface area contributed by atoms with Crippen LogP contribution >= 0.6 is 23.1 Å². The van der Waals surface area contributed by atoms with Crippen molar-refractivity contribution < 1.29 is 18.0 Å². The van der Waals surface area contributed by atoms with Crippen LogP contribution in [0.1, 0.15) is 28.0 Å². The van der Waals surface area contributed by atoms with Crippen LogP contribution < -0.4 is 0 Å². The van der Waals surface area contributed by atoms with Gasteiger partial charge in [0.15, 0.2) is 0 Å². The van der Waals surface area contributed by atoms with Crippen molar-refractivity contribution in [3.05, 3.63) is 40.0 Å². The molecule has 0 aromatic carbocycles. The Morgan fingerprint density at radius 2 is 2.04 bits per heavy atom. The van der Waals surface area contributed by atoms with Gasteiger partial charge in [0.05, 0.1) is 16.3 Å². The number of hydrogen-bond donors (Lipinski definition) is 0. The number of piperazine rings is 1. The lowest BCUT2D eigenvalue weighted by atomic mass is 10.2. The molecular formula is C17H19F3N4OS2. The molecule has 0 N–H and O–H groups in total. The number of carbonyl (C=O) groups is 1. The number of thioether (sulfide) groups is 1. The van der Waals surface area contributed by atoms with E-state index in [9.17, 15) is 18.0 Å². The Bertz CT molecular complexity index is 788. The second-order valence-electron chi connectivity index (χ2n) is 6.06. The first-order chi connectivity index (χ1) is 12.9. The number of amides is 1. The highest BCUT2D eigenvalue weighted by atomic mass is 32.2. The second-order valence-corrected chi connectivity index (χ2v) is 8.05. The highest BCUT2D eigenvalue weighted by Gasteiger charge is 2.33. The van der Waals surface area contributed by atoms with E-state index >= 15 is 0 Å². The highest BCUT2D eigenvalue weighted by Crippen LogP contribution is 2.37. The molecule has 0 bridgehead atoms. The third-order valence-corrected chi connectivity index (χ3v) is 5.95. The third kappa shape index (κ3) is 5.43. The summed E-state index contributed by atoms with van der Waals surface area (Å²) in [6.07, 6.45) is 2.18. The minimum Gasteiger partial charge on any atom is -0.336 e. The van der Waals surface area contributed by atoms with Crippen LogP contribution in [0.15, 0.2) is 28.7 Å². The lowest BCUT2D eigenvalue weighted by Crippen LogP contribution is -2.48. The summed E-state index contributed by atoms with van der Waals surface area (Å²) in [6, 6.07) is 2.88. The van der Waals surface area contributed by atoms with Crippen LogP contribution in [0, 0.1) is 0 Å². The number of rotatable bonds is 5. The Labute approximate surface area is 163 Å². The lowest BCUT2D eigenvalue weighted by molar-refractivity contribution is -0.0329. The summed E-state index contributed by atoms with van der Waals surface area (Å²) in [7, 11) is 0. The molecule has 1 saturated heterocycles. The average Bonchev–Trinajstić information content (AvgIpc) is 3.08. The van der Waals surface area contributed by atoms with Crippen molar-refractivity contribution >= 4 is 29.0 Å². The fourth-order valence-electron chi connectivity index (χ4n) is 2.84. The van der Waals surface area contributed by atoms with Crippen molar-refractivity contribution in [1.82, 2.24) is 19.8 Å². The van der Waals surface area contributed by atoms with Gasteiger partial charge in [0.1, 0.15) is 5.03 Å². The summed E-state index contributed by atoms with van der Waals surface area (Å²) in [4.78, 5) is 24.8. The number of hydrogen-bond acceptors (Lipinski definition) is 6. The van der Waals surface area contributed by atoms with Gasteiger partial charge in [0.25, 0.3) is 5.91 Å². The van der Waals surface area contributed by atoms with Gasteiger partial charge in [-0.3, -0.25) is 9.69 Å². The molecule has 2 aromatic heterocycles. The van der Waals surface area contributed by atoms with E-state index < -0.39 is 11.4 Å². The Balaban J connectivity index is 1.60. The molecule has 1 fully saturated rings. The standard InChI is InChI=1S/C17H19F3N4OS2/c1-2-14-22-12(11-26-14)10-23-6-8-24(9-7-23)16(25)13-4-3-5-21-15(13)27-17(18,19)20/h3-5,11H,2,6-10H2,1H3. The predicted octanol–water partition coefficient (Wildman–Crippen LogP) is 3.67. The number of halogens is 3. The first-order valence-electron chi connectivity index (χ1n) is 8.51. The van der Waals surface area contributed by atoms with Crippen LogP contribution in [0.25, 0.3) is 0 Å². The topological polar surface area (TPSA) is 49.3 Å². The van der Waals surface area contributed by atoms with Crippen molar-refractivity contribution in [2.45, 2.75) is 30.4 Å². The van der Waals surface area contributed by atoms with Crippen molar-refractivity contribution in [3.8, 4) is 0 Å². The SMILES string of the molecule is CCc1nc(CN2CCN(C(=O)c3cccnc3SC(F)(F)F)CC2)cs1. The quantitative estimate of drug-likeness (QED) is 0.696. The first kappa shape index (κ1) is 20.1. The zero-order valence-corrected chi connectivity index (χ0v) is 16.3. The largest absolute Gasteiger partial charge is 0.447 e. The fourth-order valence-corrected chi connectivity index (χ4v) is 4.17. The van der Waals surface area contributed by atoms with Gasteiger partial charge in [0.2, 0.25) is 0 Å². The Morgan fingerprint density at radius 1 is 1.30 bits per heavy atom. The molecule has 3 rings (SSSR count). The molecule has 10 heteroatoms. The Morgan fingerprint density at radius 3 is 2.67 bits per heavy atom. The van der Waals surface area contributed by atoms with Crippen LogP contribution in [0.5, 0.6) is 0 Å². The van der Waals surface area contributed by atoms with Crippen molar-refractivity contribution in [2.75, 3.05) is 26.2 Å². The lowest BCUT2D eigenvalue weighted by Gasteiger charge is -2.34. The number of pyridine rings is 1. The summed E-state index contributed by atoms with van der Waals surface area (Å²) in [5, 5.41) is 2.85. The Hall–Kier alpha value is -1.65. The van der Waals surface area contributed by atoms with Crippen molar-refractivity contribution in [1.29, 1.82) is 0 Å². The van der Waals surface area contributed by atoms with Gasteiger partial charge in [-0.05, 0) is 18.6 Å². The second kappa shape index (κ2) is 8.57. The number of aromatic nitrogens is 2. The van der Waals surface area contributed by atoms with E-state index in [2.05, 4.69) is 21.8 Å². The van der Waals surface area contributed by atoms with Gasteiger partial charge in [-0.15, -0.1) is 11.3 Å². The maximum Gasteiger partial charge on any atom is 0.447 e. The molecule has 0 spiro atoms. The number of nitrogens with zero attached hydrogens (tertiary/aromatic N) is 4. The number of carbonyl (C=O) groups excluding carboxylic acids is 1. The smallest absolute Gasteiger partial charge is 0.336 e. The average molecular weight is 416 g/mol. The zero-order valence-electron chi connectivity index (χ0n) is 14.7. The first-order valence-corrected chi connectivity index (χ1v) is 10.2. The van der Waals surface area contributed by atoms with Crippen LogP contribution in [0.4, 0.5) is 13.2 Å². The van der Waals surface area contributed by atoms with E-state index in [1.54, 1.807) is 16.2 Å². The third-order valence-electron chi connectivity index (χ3n) is 4.16. The molecule has 1 aliphatic heterocycles. The van der Waals surface area contributed by atoms with Gasteiger partial charge in [-0.1, -0.05) is 6.92 Å². The summed E-state index contributed by atoms with van der Waals surface area (Å²) >= 11 is 1.29. The molecule has 0 saturated carbocycles. The molecule has 27 heavy (non-hydrogen) atoms. The summed E-state index contributed by atoms with van der Waals surface area (Å²) in [5.74, 6) is -0.406. The summed E-state index contributed by atoms with van der Waals surface area (Å²) in [5.41, 5.74) is -3.46. The van der Waals surface area contributed by atoms with E-state index in [1.165, 1.54) is 18.3 Å². The highest BCUT2D eigenvalue weighted by molar-refractivity contribution is 8.00. The van der Waals surface area contributed by atoms with Gasteiger partial charge in [-0.25, -0.2) is 9.97 Å². The van der Waals surface area contributed by atoms with E-state index in [0.29, 0.717) is 26.2 Å². The number of thiazole rings is 1. The summed E-state index contributed by atoms with van der Waals surface area (Å²) < 4.78 is 38.1. The van der Waals surface area contributed by atoms with Crippen molar-refractivity contribution in [3.63, 3.8) is 0 Å². The van der Waals surface area contributed by atoms with E-state index in [-0.39, 0.29) is 22.4 Å². The molecule has 1 aliphatic rings. The molecule has 0 atom stereocenters. The number of aryl methyl sites for hydroxylation is 1. The molecule has 0 aliphatic carbocycles. The number of alkyl halides is 3. The molecule has 0 unspecified atom stereocenters.